The molecular formula is C16H27NOS. The summed E-state index contributed by atoms with van der Waals surface area (Å²) in [6.45, 7) is 7.23. The Kier molecular flexibility index (Phi) is 7.99. The highest BCUT2D eigenvalue weighted by Gasteiger charge is 2.10. The second-order valence-electron chi connectivity index (χ2n) is 4.83. The lowest BCUT2D eigenvalue weighted by molar-refractivity contribution is 0.312. The molecule has 0 heterocycles. The van der Waals surface area contributed by atoms with Gasteiger partial charge in [0.05, 0.1) is 6.61 Å². The minimum Gasteiger partial charge on any atom is -0.493 e. The molecule has 108 valence electrons. The zero-order chi connectivity index (χ0) is 14.1. The monoisotopic (exact) mass is 281 g/mol. The van der Waals surface area contributed by atoms with Crippen LogP contribution in [-0.2, 0) is 6.42 Å². The Hall–Kier alpha value is -0.670. The Labute approximate surface area is 122 Å². The van der Waals surface area contributed by atoms with Crippen LogP contribution in [0.25, 0.3) is 0 Å². The molecule has 1 unspecified atom stereocenters. The Morgan fingerprint density at radius 2 is 2.11 bits per heavy atom. The van der Waals surface area contributed by atoms with Crippen molar-refractivity contribution in [3.63, 3.8) is 0 Å². The molecule has 19 heavy (non-hydrogen) atoms. The largest absolute Gasteiger partial charge is 0.493 e. The number of thioether (sulfide) groups is 1. The van der Waals surface area contributed by atoms with E-state index in [1.165, 1.54) is 22.6 Å². The van der Waals surface area contributed by atoms with Crippen molar-refractivity contribution >= 4 is 11.8 Å². The SMILES string of the molecule is CCSCCCOc1c(C)cccc1CC(N)CC. The van der Waals surface area contributed by atoms with Crippen molar-refractivity contribution in [2.24, 2.45) is 5.73 Å². The van der Waals surface area contributed by atoms with Crippen LogP contribution in [0.1, 0.15) is 37.8 Å². The standard InChI is InChI=1S/C16H27NOS/c1-4-15(17)12-14-9-6-8-13(3)16(14)18-10-7-11-19-5-2/h6,8-9,15H,4-5,7,10-12,17H2,1-3H3. The van der Waals surface area contributed by atoms with Gasteiger partial charge < -0.3 is 10.5 Å². The van der Waals surface area contributed by atoms with Gasteiger partial charge in [0.1, 0.15) is 5.75 Å². The van der Waals surface area contributed by atoms with E-state index in [1.54, 1.807) is 0 Å². The molecule has 1 aromatic carbocycles. The minimum atomic E-state index is 0.222. The van der Waals surface area contributed by atoms with Crippen LogP contribution in [0.15, 0.2) is 18.2 Å². The molecule has 1 rings (SSSR count). The molecule has 1 aromatic rings. The molecule has 0 saturated heterocycles. The highest BCUT2D eigenvalue weighted by molar-refractivity contribution is 7.99. The highest BCUT2D eigenvalue weighted by atomic mass is 32.2. The molecule has 0 aliphatic rings. The van der Waals surface area contributed by atoms with Gasteiger partial charge in [-0.1, -0.05) is 32.0 Å². The fourth-order valence-electron chi connectivity index (χ4n) is 1.99. The zero-order valence-corrected chi connectivity index (χ0v) is 13.3. The van der Waals surface area contributed by atoms with Crippen LogP contribution in [0.2, 0.25) is 0 Å². The maximum Gasteiger partial charge on any atom is 0.125 e. The van der Waals surface area contributed by atoms with Crippen LogP contribution in [0.4, 0.5) is 0 Å². The Morgan fingerprint density at radius 3 is 2.79 bits per heavy atom. The van der Waals surface area contributed by atoms with Crippen molar-refractivity contribution < 1.29 is 4.74 Å². The maximum absolute atomic E-state index is 6.06. The summed E-state index contributed by atoms with van der Waals surface area (Å²) in [4.78, 5) is 0. The normalized spacial score (nSPS) is 12.4. The van der Waals surface area contributed by atoms with E-state index < -0.39 is 0 Å². The van der Waals surface area contributed by atoms with Crippen LogP contribution in [0.5, 0.6) is 5.75 Å². The summed E-state index contributed by atoms with van der Waals surface area (Å²) in [5.41, 5.74) is 8.52. The van der Waals surface area contributed by atoms with E-state index in [4.69, 9.17) is 10.5 Å². The van der Waals surface area contributed by atoms with Crippen LogP contribution >= 0.6 is 11.8 Å². The number of rotatable bonds is 9. The van der Waals surface area contributed by atoms with Crippen molar-refractivity contribution in [1.29, 1.82) is 0 Å². The molecule has 2 N–H and O–H groups in total. The summed E-state index contributed by atoms with van der Waals surface area (Å²) >= 11 is 1.97. The molecule has 1 atom stereocenters. The molecule has 0 aliphatic carbocycles. The smallest absolute Gasteiger partial charge is 0.125 e. The summed E-state index contributed by atoms with van der Waals surface area (Å²) < 4.78 is 5.99. The molecule has 3 heteroatoms. The average Bonchev–Trinajstić information content (AvgIpc) is 2.41. The predicted octanol–water partition coefficient (Wildman–Crippen LogP) is 3.80. The van der Waals surface area contributed by atoms with Gasteiger partial charge in [0, 0.05) is 6.04 Å². The van der Waals surface area contributed by atoms with E-state index in [1.807, 2.05) is 11.8 Å². The molecule has 0 saturated carbocycles. The molecule has 0 aromatic heterocycles. The van der Waals surface area contributed by atoms with Crippen molar-refractivity contribution in [2.45, 2.75) is 46.1 Å². The first-order chi connectivity index (χ1) is 9.19. The van der Waals surface area contributed by atoms with E-state index >= 15 is 0 Å². The molecule has 0 bridgehead atoms. The Balaban J connectivity index is 2.59. The highest BCUT2D eigenvalue weighted by Crippen LogP contribution is 2.25. The fourth-order valence-corrected chi connectivity index (χ4v) is 2.60. The van der Waals surface area contributed by atoms with E-state index in [9.17, 15) is 0 Å². The lowest BCUT2D eigenvalue weighted by Crippen LogP contribution is -2.22. The molecule has 2 nitrogen and oxygen atoms in total. The lowest BCUT2D eigenvalue weighted by atomic mass is 10.0. The third-order valence-corrected chi connectivity index (χ3v) is 4.17. The van der Waals surface area contributed by atoms with E-state index in [0.717, 1.165) is 31.6 Å². The average molecular weight is 281 g/mol. The summed E-state index contributed by atoms with van der Waals surface area (Å²) in [6, 6.07) is 6.56. The van der Waals surface area contributed by atoms with Gasteiger partial charge in [-0.25, -0.2) is 0 Å². The summed E-state index contributed by atoms with van der Waals surface area (Å²) in [6.07, 6.45) is 3.00. The van der Waals surface area contributed by atoms with Crippen LogP contribution in [0.3, 0.4) is 0 Å². The van der Waals surface area contributed by atoms with Gasteiger partial charge in [-0.3, -0.25) is 0 Å². The van der Waals surface area contributed by atoms with Crippen molar-refractivity contribution in [3.8, 4) is 5.75 Å². The summed E-state index contributed by atoms with van der Waals surface area (Å²) in [5.74, 6) is 3.40. The van der Waals surface area contributed by atoms with Crippen LogP contribution < -0.4 is 10.5 Å². The molecule has 0 radical (unpaired) electrons. The first-order valence-electron chi connectivity index (χ1n) is 7.23. The van der Waals surface area contributed by atoms with Gasteiger partial charge in [-0.05, 0) is 48.8 Å². The molecule has 0 spiro atoms. The molecular weight excluding hydrogens is 254 g/mol. The van der Waals surface area contributed by atoms with Crippen molar-refractivity contribution in [3.05, 3.63) is 29.3 Å². The van der Waals surface area contributed by atoms with Crippen LogP contribution in [-0.4, -0.2) is 24.2 Å². The van der Waals surface area contributed by atoms with Crippen molar-refractivity contribution in [1.82, 2.24) is 0 Å². The first kappa shape index (κ1) is 16.4. The number of hydrogen-bond acceptors (Lipinski definition) is 3. The predicted molar refractivity (Wildman–Crippen MR) is 86.3 cm³/mol. The molecule has 0 fully saturated rings. The summed E-state index contributed by atoms with van der Waals surface area (Å²) in [7, 11) is 0. The van der Waals surface area contributed by atoms with Gasteiger partial charge in [0.2, 0.25) is 0 Å². The topological polar surface area (TPSA) is 35.2 Å². The number of aryl methyl sites for hydroxylation is 1. The number of para-hydroxylation sites is 1. The third kappa shape index (κ3) is 5.87. The fraction of sp³-hybridized carbons (Fsp3) is 0.625. The quantitative estimate of drug-likeness (QED) is 0.699. The maximum atomic E-state index is 6.06. The number of hydrogen-bond donors (Lipinski definition) is 1. The van der Waals surface area contributed by atoms with E-state index in [0.29, 0.717) is 0 Å². The lowest BCUT2D eigenvalue weighted by Gasteiger charge is -2.16. The van der Waals surface area contributed by atoms with Gasteiger partial charge >= 0.3 is 0 Å². The van der Waals surface area contributed by atoms with Gasteiger partial charge in [0.15, 0.2) is 0 Å². The zero-order valence-electron chi connectivity index (χ0n) is 12.4. The second kappa shape index (κ2) is 9.27. The Morgan fingerprint density at radius 1 is 1.32 bits per heavy atom. The molecule has 0 amide bonds. The van der Waals surface area contributed by atoms with Crippen LogP contribution in [0, 0.1) is 6.92 Å². The minimum absolute atomic E-state index is 0.222. The summed E-state index contributed by atoms with van der Waals surface area (Å²) in [5, 5.41) is 0. The number of nitrogens with two attached hydrogens (primary N) is 1. The van der Waals surface area contributed by atoms with Gasteiger partial charge in [-0.2, -0.15) is 11.8 Å². The van der Waals surface area contributed by atoms with Gasteiger partial charge in [-0.15, -0.1) is 0 Å². The number of benzene rings is 1. The molecule has 0 aliphatic heterocycles. The third-order valence-electron chi connectivity index (χ3n) is 3.18. The number of ether oxygens (including phenoxy) is 1. The second-order valence-corrected chi connectivity index (χ2v) is 6.23. The van der Waals surface area contributed by atoms with Crippen molar-refractivity contribution in [2.75, 3.05) is 18.1 Å². The van der Waals surface area contributed by atoms with E-state index in [2.05, 4.69) is 39.0 Å². The van der Waals surface area contributed by atoms with Gasteiger partial charge in [0.25, 0.3) is 0 Å². The van der Waals surface area contributed by atoms with E-state index in [-0.39, 0.29) is 6.04 Å². The first-order valence-corrected chi connectivity index (χ1v) is 8.39. The Bertz CT molecular complexity index is 368.